The van der Waals surface area contributed by atoms with Gasteiger partial charge in [0.2, 0.25) is 10.0 Å². The van der Waals surface area contributed by atoms with Crippen molar-refractivity contribution in [2.75, 3.05) is 0 Å². The molecule has 0 bridgehead atoms. The highest BCUT2D eigenvalue weighted by molar-refractivity contribution is 7.89. The number of hydrogen-bond acceptors (Lipinski definition) is 3. The molecule has 4 rings (SSSR count). The van der Waals surface area contributed by atoms with Crippen LogP contribution in [0.5, 0.6) is 0 Å². The van der Waals surface area contributed by atoms with Gasteiger partial charge in [-0.15, -0.1) is 0 Å². The first-order valence-electron chi connectivity index (χ1n) is 9.39. The summed E-state index contributed by atoms with van der Waals surface area (Å²) in [5, 5.41) is 4.52. The first-order valence-corrected chi connectivity index (χ1v) is 10.8. The summed E-state index contributed by atoms with van der Waals surface area (Å²) in [6.07, 6.45) is 6.04. The maximum Gasteiger partial charge on any atom is 0.249 e. The molecular weight excluding hydrogens is 372 g/mol. The number of rotatable bonds is 5. The van der Waals surface area contributed by atoms with Gasteiger partial charge in [0.25, 0.3) is 0 Å². The van der Waals surface area contributed by atoms with Crippen LogP contribution in [0.4, 0.5) is 8.78 Å². The Labute approximate surface area is 158 Å². The lowest BCUT2D eigenvalue weighted by Gasteiger charge is -2.28. The zero-order chi connectivity index (χ0) is 19.2. The molecule has 0 amide bonds. The molecular formula is C19H23F2N3O2S. The van der Waals surface area contributed by atoms with Crippen molar-refractivity contribution < 1.29 is 17.2 Å². The zero-order valence-electron chi connectivity index (χ0n) is 15.3. The average molecular weight is 395 g/mol. The van der Waals surface area contributed by atoms with Gasteiger partial charge in [-0.25, -0.2) is 17.2 Å². The fourth-order valence-corrected chi connectivity index (χ4v) is 6.18. The number of aromatic nitrogens is 2. The standard InChI is InChI=1S/C19H23F2N3O2S/c1-23-18-11-4-8-14(18)17(22-23)12-24(13-6-2-3-7-13)27(25,26)19-15(20)9-5-10-16(19)21/h5,9-10,13H,2-4,6-8,11-12H2,1H3. The Balaban J connectivity index is 1.77. The summed E-state index contributed by atoms with van der Waals surface area (Å²) >= 11 is 0. The molecule has 8 heteroatoms. The number of aryl methyl sites for hydroxylation is 1. The second-order valence-electron chi connectivity index (χ2n) is 7.39. The van der Waals surface area contributed by atoms with E-state index in [0.29, 0.717) is 18.5 Å². The lowest BCUT2D eigenvalue weighted by Crippen LogP contribution is -2.39. The summed E-state index contributed by atoms with van der Waals surface area (Å²) in [4.78, 5) is -0.857. The van der Waals surface area contributed by atoms with Gasteiger partial charge in [0.1, 0.15) is 11.6 Å². The molecule has 2 aromatic rings. The van der Waals surface area contributed by atoms with Crippen LogP contribution in [0, 0.1) is 11.6 Å². The first kappa shape index (κ1) is 18.6. The number of hydrogen-bond donors (Lipinski definition) is 0. The number of sulfonamides is 1. The Hall–Kier alpha value is -1.80. The Morgan fingerprint density at radius 3 is 2.48 bits per heavy atom. The van der Waals surface area contributed by atoms with E-state index in [4.69, 9.17) is 0 Å². The van der Waals surface area contributed by atoms with E-state index in [1.54, 1.807) is 4.68 Å². The first-order chi connectivity index (χ1) is 12.9. The average Bonchev–Trinajstić information content (AvgIpc) is 3.32. The van der Waals surface area contributed by atoms with Gasteiger partial charge in [-0.2, -0.15) is 9.40 Å². The van der Waals surface area contributed by atoms with Gasteiger partial charge in [0.15, 0.2) is 4.90 Å². The molecule has 5 nitrogen and oxygen atoms in total. The Bertz CT molecular complexity index is 945. The monoisotopic (exact) mass is 395 g/mol. The van der Waals surface area contributed by atoms with Crippen LogP contribution in [0.2, 0.25) is 0 Å². The molecule has 0 atom stereocenters. The van der Waals surface area contributed by atoms with Gasteiger partial charge < -0.3 is 0 Å². The minimum atomic E-state index is -4.32. The maximum absolute atomic E-state index is 14.3. The molecule has 1 heterocycles. The molecule has 1 aromatic carbocycles. The van der Waals surface area contributed by atoms with Gasteiger partial charge in [0.05, 0.1) is 12.2 Å². The molecule has 1 aromatic heterocycles. The highest BCUT2D eigenvalue weighted by atomic mass is 32.2. The summed E-state index contributed by atoms with van der Waals surface area (Å²) in [5.74, 6) is -2.10. The van der Waals surface area contributed by atoms with Crippen molar-refractivity contribution in [1.82, 2.24) is 14.1 Å². The van der Waals surface area contributed by atoms with Crippen molar-refractivity contribution in [1.29, 1.82) is 0 Å². The second-order valence-corrected chi connectivity index (χ2v) is 9.22. The number of halogens is 2. The van der Waals surface area contributed by atoms with Gasteiger partial charge in [-0.05, 0) is 49.8 Å². The zero-order valence-corrected chi connectivity index (χ0v) is 16.1. The van der Waals surface area contributed by atoms with Crippen molar-refractivity contribution in [2.45, 2.75) is 62.4 Å². The molecule has 1 saturated carbocycles. The predicted octanol–water partition coefficient (Wildman–Crippen LogP) is 3.32. The summed E-state index contributed by atoms with van der Waals surface area (Å²) in [6.45, 7) is 0.0595. The van der Waals surface area contributed by atoms with Crippen molar-refractivity contribution in [3.05, 3.63) is 46.8 Å². The van der Waals surface area contributed by atoms with Crippen LogP contribution in [-0.2, 0) is 36.5 Å². The summed E-state index contributed by atoms with van der Waals surface area (Å²) in [7, 11) is -2.46. The molecule has 146 valence electrons. The quantitative estimate of drug-likeness (QED) is 0.780. The highest BCUT2D eigenvalue weighted by Crippen LogP contribution is 2.34. The second kappa shape index (κ2) is 6.98. The number of benzene rings is 1. The molecule has 0 radical (unpaired) electrons. The van der Waals surface area contributed by atoms with Crippen molar-refractivity contribution in [2.24, 2.45) is 7.05 Å². The van der Waals surface area contributed by atoms with E-state index in [2.05, 4.69) is 5.10 Å². The molecule has 2 aliphatic rings. The predicted molar refractivity (Wildman–Crippen MR) is 96.6 cm³/mol. The normalized spacial score (nSPS) is 17.8. The molecule has 0 unspecified atom stereocenters. The smallest absolute Gasteiger partial charge is 0.249 e. The lowest BCUT2D eigenvalue weighted by molar-refractivity contribution is 0.308. The van der Waals surface area contributed by atoms with E-state index < -0.39 is 26.6 Å². The van der Waals surface area contributed by atoms with Crippen molar-refractivity contribution >= 4 is 10.0 Å². The number of nitrogens with zero attached hydrogens (tertiary/aromatic N) is 3. The van der Waals surface area contributed by atoms with Crippen LogP contribution in [0.15, 0.2) is 23.1 Å². The fraction of sp³-hybridized carbons (Fsp3) is 0.526. The summed E-state index contributed by atoms with van der Waals surface area (Å²) in [5.41, 5.74) is 2.92. The van der Waals surface area contributed by atoms with Crippen molar-refractivity contribution in [3.8, 4) is 0 Å². The molecule has 27 heavy (non-hydrogen) atoms. The molecule has 0 saturated heterocycles. The molecule has 0 spiro atoms. The fourth-order valence-electron chi connectivity index (χ4n) is 4.42. The van der Waals surface area contributed by atoms with Gasteiger partial charge in [-0.1, -0.05) is 18.9 Å². The summed E-state index contributed by atoms with van der Waals surface area (Å²) in [6, 6.07) is 2.89. The van der Waals surface area contributed by atoms with Crippen LogP contribution in [0.25, 0.3) is 0 Å². The Morgan fingerprint density at radius 1 is 1.15 bits per heavy atom. The third kappa shape index (κ3) is 3.18. The van der Waals surface area contributed by atoms with E-state index in [1.165, 1.54) is 10.4 Å². The maximum atomic E-state index is 14.3. The van der Waals surface area contributed by atoms with Crippen LogP contribution in [0.3, 0.4) is 0 Å². The molecule has 2 aliphatic carbocycles. The molecule has 0 N–H and O–H groups in total. The minimum absolute atomic E-state index is 0.0595. The highest BCUT2D eigenvalue weighted by Gasteiger charge is 2.38. The topological polar surface area (TPSA) is 55.2 Å². The molecule has 0 aliphatic heterocycles. The van der Waals surface area contributed by atoms with E-state index in [0.717, 1.165) is 55.5 Å². The van der Waals surface area contributed by atoms with E-state index in [-0.39, 0.29) is 12.6 Å². The minimum Gasteiger partial charge on any atom is -0.272 e. The molecule has 1 fully saturated rings. The third-order valence-corrected chi connectivity index (χ3v) is 7.67. The van der Waals surface area contributed by atoms with Crippen LogP contribution >= 0.6 is 0 Å². The number of fused-ring (bicyclic) bond motifs is 1. The Morgan fingerprint density at radius 2 is 1.81 bits per heavy atom. The van der Waals surface area contributed by atoms with Gasteiger partial charge >= 0.3 is 0 Å². The summed E-state index contributed by atoms with van der Waals surface area (Å²) < 4.78 is 58.2. The van der Waals surface area contributed by atoms with Crippen LogP contribution in [0.1, 0.15) is 49.1 Å². The van der Waals surface area contributed by atoms with Gasteiger partial charge in [0, 0.05) is 18.8 Å². The third-order valence-electron chi connectivity index (χ3n) is 5.72. The van der Waals surface area contributed by atoms with E-state index >= 15 is 0 Å². The Kier molecular flexibility index (Phi) is 4.80. The van der Waals surface area contributed by atoms with Gasteiger partial charge in [-0.3, -0.25) is 4.68 Å². The van der Waals surface area contributed by atoms with Crippen molar-refractivity contribution in [3.63, 3.8) is 0 Å². The largest absolute Gasteiger partial charge is 0.272 e. The van der Waals surface area contributed by atoms with Crippen LogP contribution < -0.4 is 0 Å². The van der Waals surface area contributed by atoms with Crippen LogP contribution in [-0.4, -0.2) is 28.5 Å². The van der Waals surface area contributed by atoms with E-state index in [9.17, 15) is 17.2 Å². The lowest BCUT2D eigenvalue weighted by atomic mass is 10.2. The van der Waals surface area contributed by atoms with E-state index in [1.807, 2.05) is 7.05 Å². The SMILES string of the molecule is Cn1nc(CN(C2CCCC2)S(=O)(=O)c2c(F)cccc2F)c2c1CCC2.